The summed E-state index contributed by atoms with van der Waals surface area (Å²) in [5.74, 6) is 0.971. The Bertz CT molecular complexity index is 320. The van der Waals surface area contributed by atoms with Crippen LogP contribution in [0.5, 0.6) is 0 Å². The van der Waals surface area contributed by atoms with Gasteiger partial charge in [0.05, 0.1) is 6.54 Å². The van der Waals surface area contributed by atoms with Crippen LogP contribution in [-0.2, 0) is 6.54 Å². The largest absolute Gasteiger partial charge is 0.310 e. The van der Waals surface area contributed by atoms with Crippen molar-refractivity contribution in [2.24, 2.45) is 5.92 Å². The second-order valence-electron chi connectivity index (χ2n) is 5.78. The molecule has 18 heavy (non-hydrogen) atoms. The topological polar surface area (TPSA) is 29.9 Å². The highest BCUT2D eigenvalue weighted by Crippen LogP contribution is 2.25. The van der Waals surface area contributed by atoms with Crippen LogP contribution in [0.3, 0.4) is 0 Å². The fourth-order valence-electron chi connectivity index (χ4n) is 3.10. The fraction of sp³-hybridized carbons (Fsp3) is 0.800. The second kappa shape index (κ2) is 6.93. The third-order valence-corrected chi connectivity index (χ3v) is 4.21. The Labute approximate surface area is 111 Å². The van der Waals surface area contributed by atoms with E-state index in [1.165, 1.54) is 38.5 Å². The van der Waals surface area contributed by atoms with Crippen LogP contribution >= 0.6 is 0 Å². The summed E-state index contributed by atoms with van der Waals surface area (Å²) in [6, 6.07) is 3.21. The zero-order valence-corrected chi connectivity index (χ0v) is 11.8. The average Bonchev–Trinajstić information content (AvgIpc) is 2.75. The van der Waals surface area contributed by atoms with Crippen LogP contribution in [0.15, 0.2) is 18.5 Å². The van der Waals surface area contributed by atoms with Gasteiger partial charge in [0.2, 0.25) is 0 Å². The van der Waals surface area contributed by atoms with Crippen molar-refractivity contribution in [3.63, 3.8) is 0 Å². The number of nitrogens with one attached hydrogen (secondary N) is 1. The molecule has 0 aromatic carbocycles. The molecule has 1 aromatic heterocycles. The smallest absolute Gasteiger partial charge is 0.0560 e. The monoisotopic (exact) mass is 249 g/mol. The highest BCUT2D eigenvalue weighted by molar-refractivity contribution is 4.81. The molecule has 0 radical (unpaired) electrons. The van der Waals surface area contributed by atoms with Crippen LogP contribution in [0.2, 0.25) is 0 Å². The fourth-order valence-corrected chi connectivity index (χ4v) is 3.10. The van der Waals surface area contributed by atoms with Gasteiger partial charge in [-0.15, -0.1) is 0 Å². The van der Waals surface area contributed by atoms with E-state index in [4.69, 9.17) is 0 Å². The van der Waals surface area contributed by atoms with E-state index in [9.17, 15) is 0 Å². The predicted octanol–water partition coefficient (Wildman–Crippen LogP) is 3.22. The van der Waals surface area contributed by atoms with Crippen molar-refractivity contribution in [3.05, 3.63) is 18.5 Å². The minimum atomic E-state index is 0.507. The van der Waals surface area contributed by atoms with E-state index in [2.05, 4.69) is 24.3 Å². The summed E-state index contributed by atoms with van der Waals surface area (Å²) in [5, 5.41) is 8.05. The van der Waals surface area contributed by atoms with E-state index < -0.39 is 0 Å². The van der Waals surface area contributed by atoms with Gasteiger partial charge in [0.15, 0.2) is 0 Å². The standard InChI is InChI=1S/C15H27N3/c1-3-14-6-4-7-15(9-8-14)17-13(2)12-18-11-5-10-16-18/h5,10-11,13-15,17H,3-4,6-9,12H2,1-2H3. The van der Waals surface area contributed by atoms with Gasteiger partial charge in [0, 0.05) is 24.5 Å². The molecule has 0 bridgehead atoms. The molecule has 102 valence electrons. The summed E-state index contributed by atoms with van der Waals surface area (Å²) in [5.41, 5.74) is 0. The second-order valence-corrected chi connectivity index (χ2v) is 5.78. The number of rotatable bonds is 5. The predicted molar refractivity (Wildman–Crippen MR) is 75.5 cm³/mol. The van der Waals surface area contributed by atoms with Crippen molar-refractivity contribution in [2.75, 3.05) is 0 Å². The zero-order valence-electron chi connectivity index (χ0n) is 11.8. The number of nitrogens with zero attached hydrogens (tertiary/aromatic N) is 2. The molecule has 1 aromatic rings. The number of hydrogen-bond acceptors (Lipinski definition) is 2. The summed E-state index contributed by atoms with van der Waals surface area (Å²) < 4.78 is 2.02. The van der Waals surface area contributed by atoms with Gasteiger partial charge in [-0.05, 0) is 38.2 Å². The molecule has 1 saturated carbocycles. The SMILES string of the molecule is CCC1CCCC(NC(C)Cn2cccn2)CC1. The maximum atomic E-state index is 4.27. The molecular formula is C15H27N3. The Morgan fingerprint density at radius 2 is 2.22 bits per heavy atom. The number of hydrogen-bond donors (Lipinski definition) is 1. The highest BCUT2D eigenvalue weighted by atomic mass is 15.3. The van der Waals surface area contributed by atoms with Crippen LogP contribution in [0.4, 0.5) is 0 Å². The van der Waals surface area contributed by atoms with E-state index in [-0.39, 0.29) is 0 Å². The molecule has 1 aliphatic rings. The first kappa shape index (κ1) is 13.6. The van der Waals surface area contributed by atoms with Crippen LogP contribution in [0.1, 0.15) is 52.4 Å². The number of aromatic nitrogens is 2. The van der Waals surface area contributed by atoms with E-state index in [0.29, 0.717) is 12.1 Å². The summed E-state index contributed by atoms with van der Waals surface area (Å²) in [7, 11) is 0. The quantitative estimate of drug-likeness (QED) is 0.812. The minimum absolute atomic E-state index is 0.507. The van der Waals surface area contributed by atoms with Gasteiger partial charge >= 0.3 is 0 Å². The molecule has 0 amide bonds. The molecule has 3 nitrogen and oxygen atoms in total. The van der Waals surface area contributed by atoms with Crippen LogP contribution in [0, 0.1) is 5.92 Å². The van der Waals surface area contributed by atoms with Gasteiger partial charge in [-0.2, -0.15) is 5.10 Å². The third kappa shape index (κ3) is 4.13. The molecule has 1 heterocycles. The van der Waals surface area contributed by atoms with E-state index >= 15 is 0 Å². The Hall–Kier alpha value is -0.830. The molecular weight excluding hydrogens is 222 g/mol. The maximum Gasteiger partial charge on any atom is 0.0560 e. The van der Waals surface area contributed by atoms with Crippen molar-refractivity contribution in [3.8, 4) is 0 Å². The Kier molecular flexibility index (Phi) is 5.24. The minimum Gasteiger partial charge on any atom is -0.310 e. The molecule has 3 atom stereocenters. The zero-order chi connectivity index (χ0) is 12.8. The molecule has 0 saturated heterocycles. The Morgan fingerprint density at radius 1 is 1.33 bits per heavy atom. The van der Waals surface area contributed by atoms with Crippen LogP contribution in [-0.4, -0.2) is 21.9 Å². The molecule has 3 heteroatoms. The lowest BCUT2D eigenvalue weighted by Crippen LogP contribution is -2.38. The molecule has 1 aliphatic carbocycles. The van der Waals surface area contributed by atoms with Crippen LogP contribution in [0.25, 0.3) is 0 Å². The van der Waals surface area contributed by atoms with Gasteiger partial charge in [0.1, 0.15) is 0 Å². The molecule has 3 unspecified atom stereocenters. The lowest BCUT2D eigenvalue weighted by Gasteiger charge is -2.22. The third-order valence-electron chi connectivity index (χ3n) is 4.21. The van der Waals surface area contributed by atoms with Crippen molar-refractivity contribution >= 4 is 0 Å². The first-order valence-electron chi connectivity index (χ1n) is 7.51. The molecule has 1 fully saturated rings. The summed E-state index contributed by atoms with van der Waals surface area (Å²) >= 11 is 0. The first-order chi connectivity index (χ1) is 8.78. The van der Waals surface area contributed by atoms with Crippen molar-refractivity contribution in [1.29, 1.82) is 0 Å². The average molecular weight is 249 g/mol. The van der Waals surface area contributed by atoms with Gasteiger partial charge < -0.3 is 5.32 Å². The summed E-state index contributed by atoms with van der Waals surface area (Å²) in [6.45, 7) is 5.57. The molecule has 1 N–H and O–H groups in total. The van der Waals surface area contributed by atoms with Crippen LogP contribution < -0.4 is 5.32 Å². The Morgan fingerprint density at radius 3 is 2.94 bits per heavy atom. The summed E-state index contributed by atoms with van der Waals surface area (Å²) in [6.07, 6.45) is 12.2. The molecule has 0 aliphatic heterocycles. The molecule has 0 spiro atoms. The van der Waals surface area contributed by atoms with E-state index in [1.807, 2.05) is 23.1 Å². The normalized spacial score (nSPS) is 26.8. The van der Waals surface area contributed by atoms with Gasteiger partial charge in [0.25, 0.3) is 0 Å². The lowest BCUT2D eigenvalue weighted by atomic mass is 9.98. The highest BCUT2D eigenvalue weighted by Gasteiger charge is 2.19. The van der Waals surface area contributed by atoms with Gasteiger partial charge in [-0.1, -0.05) is 26.2 Å². The summed E-state index contributed by atoms with van der Waals surface area (Å²) in [4.78, 5) is 0. The van der Waals surface area contributed by atoms with E-state index in [1.54, 1.807) is 0 Å². The van der Waals surface area contributed by atoms with Crippen molar-refractivity contribution in [1.82, 2.24) is 15.1 Å². The van der Waals surface area contributed by atoms with Crippen molar-refractivity contribution < 1.29 is 0 Å². The van der Waals surface area contributed by atoms with Crippen molar-refractivity contribution in [2.45, 2.75) is 71.0 Å². The Balaban J connectivity index is 1.75. The van der Waals surface area contributed by atoms with E-state index in [0.717, 1.165) is 12.5 Å². The van der Waals surface area contributed by atoms with Gasteiger partial charge in [-0.25, -0.2) is 0 Å². The lowest BCUT2D eigenvalue weighted by molar-refractivity contribution is 0.363. The molecule has 2 rings (SSSR count). The first-order valence-corrected chi connectivity index (χ1v) is 7.51. The van der Waals surface area contributed by atoms with Gasteiger partial charge in [-0.3, -0.25) is 4.68 Å². The maximum absolute atomic E-state index is 4.27.